The summed E-state index contributed by atoms with van der Waals surface area (Å²) in [5.74, 6) is -0.713. The van der Waals surface area contributed by atoms with Gasteiger partial charge < -0.3 is 9.64 Å². The Morgan fingerprint density at radius 1 is 1.32 bits per heavy atom. The fraction of sp³-hybridized carbons (Fsp3) is 0.300. The molecular weight excluding hydrogens is 379 g/mol. The molecule has 4 rings (SSSR count). The first kappa shape index (κ1) is 18.5. The van der Waals surface area contributed by atoms with Crippen LogP contribution in [0.15, 0.2) is 42.0 Å². The van der Waals surface area contributed by atoms with Crippen molar-refractivity contribution >= 4 is 17.2 Å². The van der Waals surface area contributed by atoms with Crippen molar-refractivity contribution in [3.63, 3.8) is 0 Å². The zero-order valence-electron chi connectivity index (χ0n) is 15.3. The van der Waals surface area contributed by atoms with Crippen molar-refractivity contribution in [3.05, 3.63) is 59.2 Å². The molecule has 1 amide bonds. The van der Waals surface area contributed by atoms with Crippen molar-refractivity contribution in [1.82, 2.24) is 19.9 Å². The average Bonchev–Trinajstić information content (AvgIpc) is 3.40. The minimum Gasteiger partial charge on any atom is -0.470 e. The second-order valence-electron chi connectivity index (χ2n) is 6.48. The molecule has 1 atom stereocenters. The summed E-state index contributed by atoms with van der Waals surface area (Å²) in [7, 11) is 0. The smallest absolute Gasteiger partial charge is 0.273 e. The minimum atomic E-state index is -0.526. The number of benzene rings is 1. The number of carbonyl (C=O) groups excluding carboxylic acids is 1. The molecule has 6 nitrogen and oxygen atoms in total. The summed E-state index contributed by atoms with van der Waals surface area (Å²) in [5.41, 5.74) is 1.73. The predicted octanol–water partition coefficient (Wildman–Crippen LogP) is 3.60. The normalized spacial score (nSPS) is 16.4. The quantitative estimate of drug-likeness (QED) is 0.657. The number of aromatic nitrogens is 3. The molecule has 0 unspecified atom stereocenters. The van der Waals surface area contributed by atoms with Crippen molar-refractivity contribution in [2.45, 2.75) is 25.9 Å². The summed E-state index contributed by atoms with van der Waals surface area (Å²) >= 11 is 1.44. The molecule has 1 fully saturated rings. The van der Waals surface area contributed by atoms with Crippen molar-refractivity contribution < 1.29 is 13.9 Å². The molecule has 0 radical (unpaired) electrons. The van der Waals surface area contributed by atoms with E-state index in [1.165, 1.54) is 17.7 Å². The number of aryl methyl sites for hydroxylation is 1. The number of amides is 1. The van der Waals surface area contributed by atoms with Crippen LogP contribution in [0.1, 0.15) is 29.5 Å². The Balaban J connectivity index is 1.42. The topological polar surface area (TPSA) is 68.2 Å². The first-order valence-electron chi connectivity index (χ1n) is 9.12. The number of thiazole rings is 1. The van der Waals surface area contributed by atoms with Gasteiger partial charge in [-0.1, -0.05) is 37.3 Å². The van der Waals surface area contributed by atoms with Gasteiger partial charge in [0.05, 0.1) is 12.2 Å². The number of hydrogen-bond donors (Lipinski definition) is 0. The molecule has 0 aliphatic carbocycles. The summed E-state index contributed by atoms with van der Waals surface area (Å²) in [5, 5.41) is 2.59. The van der Waals surface area contributed by atoms with Gasteiger partial charge in [-0.3, -0.25) is 4.79 Å². The van der Waals surface area contributed by atoms with Crippen LogP contribution in [0.5, 0.6) is 5.88 Å². The van der Waals surface area contributed by atoms with Gasteiger partial charge in [0, 0.05) is 23.9 Å². The maximum absolute atomic E-state index is 14.3. The van der Waals surface area contributed by atoms with E-state index in [9.17, 15) is 9.18 Å². The largest absolute Gasteiger partial charge is 0.470 e. The van der Waals surface area contributed by atoms with Gasteiger partial charge in [0.1, 0.15) is 23.1 Å². The third-order valence-electron chi connectivity index (χ3n) is 4.62. The molecular formula is C20H19FN4O2S. The first-order valence-corrected chi connectivity index (χ1v) is 10.00. The number of carbonyl (C=O) groups is 1. The van der Waals surface area contributed by atoms with E-state index in [1.807, 2.05) is 37.3 Å². The Kier molecular flexibility index (Phi) is 5.29. The standard InChI is InChI=1S/C20H19FN4O2S/c1-2-15-17(21)18(23-12-22-15)27-14-8-9-25(10-14)20(26)16-11-28-19(24-16)13-6-4-3-5-7-13/h3-7,11-12,14H,2,8-10H2,1H3/t14-/m1/s1. The first-order chi connectivity index (χ1) is 13.7. The molecule has 2 aromatic heterocycles. The van der Waals surface area contributed by atoms with Crippen molar-refractivity contribution in [3.8, 4) is 16.5 Å². The maximum atomic E-state index is 14.3. The van der Waals surface area contributed by atoms with Gasteiger partial charge in [-0.15, -0.1) is 11.3 Å². The van der Waals surface area contributed by atoms with Gasteiger partial charge in [-0.25, -0.2) is 9.97 Å². The summed E-state index contributed by atoms with van der Waals surface area (Å²) in [6.45, 7) is 2.74. The molecule has 28 heavy (non-hydrogen) atoms. The van der Waals surface area contributed by atoms with E-state index in [4.69, 9.17) is 4.74 Å². The van der Waals surface area contributed by atoms with Crippen LogP contribution in [0.3, 0.4) is 0 Å². The molecule has 1 saturated heterocycles. The van der Waals surface area contributed by atoms with E-state index >= 15 is 0 Å². The fourth-order valence-electron chi connectivity index (χ4n) is 3.13. The molecule has 8 heteroatoms. The molecule has 1 aliphatic heterocycles. The van der Waals surface area contributed by atoms with E-state index < -0.39 is 5.82 Å². The van der Waals surface area contributed by atoms with Crippen LogP contribution in [-0.2, 0) is 6.42 Å². The second-order valence-corrected chi connectivity index (χ2v) is 7.33. The Hall–Kier alpha value is -2.87. The van der Waals surface area contributed by atoms with Gasteiger partial charge in [-0.2, -0.15) is 9.37 Å². The number of ether oxygens (including phenoxy) is 1. The molecule has 3 aromatic rings. The SMILES string of the molecule is CCc1ncnc(O[C@@H]2CCN(C(=O)c3csc(-c4ccccc4)n3)C2)c1F. The molecule has 144 valence electrons. The van der Waals surface area contributed by atoms with E-state index in [0.717, 1.165) is 10.6 Å². The summed E-state index contributed by atoms with van der Waals surface area (Å²) in [6, 6.07) is 9.76. The highest BCUT2D eigenvalue weighted by Gasteiger charge is 2.30. The van der Waals surface area contributed by atoms with E-state index in [0.29, 0.717) is 37.3 Å². The monoisotopic (exact) mass is 398 g/mol. The molecule has 3 heterocycles. The van der Waals surface area contributed by atoms with Crippen molar-refractivity contribution in [2.75, 3.05) is 13.1 Å². The van der Waals surface area contributed by atoms with Gasteiger partial charge in [0.15, 0.2) is 0 Å². The third-order valence-corrected chi connectivity index (χ3v) is 5.51. The lowest BCUT2D eigenvalue weighted by molar-refractivity contribution is 0.0765. The summed E-state index contributed by atoms with van der Waals surface area (Å²) in [6.07, 6.45) is 2.08. The third kappa shape index (κ3) is 3.73. The van der Waals surface area contributed by atoms with Crippen LogP contribution in [-0.4, -0.2) is 45.0 Å². The van der Waals surface area contributed by atoms with Crippen LogP contribution in [0.25, 0.3) is 10.6 Å². The van der Waals surface area contributed by atoms with Crippen LogP contribution in [0, 0.1) is 5.82 Å². The van der Waals surface area contributed by atoms with Crippen LogP contribution < -0.4 is 4.74 Å². The lowest BCUT2D eigenvalue weighted by Crippen LogP contribution is -2.31. The van der Waals surface area contributed by atoms with Gasteiger partial charge in [-0.05, 0) is 6.42 Å². The number of hydrogen-bond acceptors (Lipinski definition) is 6. The average molecular weight is 398 g/mol. The Morgan fingerprint density at radius 3 is 2.93 bits per heavy atom. The number of likely N-dealkylation sites (tertiary alicyclic amines) is 1. The number of nitrogens with zero attached hydrogens (tertiary/aromatic N) is 4. The number of rotatable bonds is 5. The van der Waals surface area contributed by atoms with E-state index in [1.54, 1.807) is 10.3 Å². The van der Waals surface area contributed by atoms with Gasteiger partial charge in [0.25, 0.3) is 11.8 Å². The minimum absolute atomic E-state index is 0.0498. The van der Waals surface area contributed by atoms with Crippen LogP contribution in [0.4, 0.5) is 4.39 Å². The Morgan fingerprint density at radius 2 is 2.14 bits per heavy atom. The fourth-order valence-corrected chi connectivity index (χ4v) is 3.93. The molecule has 1 aliphatic rings. The molecule has 0 saturated carbocycles. The Labute approximate surface area is 166 Å². The summed E-state index contributed by atoms with van der Waals surface area (Å²) < 4.78 is 20.0. The number of halogens is 1. The summed E-state index contributed by atoms with van der Waals surface area (Å²) in [4.78, 5) is 26.7. The van der Waals surface area contributed by atoms with Crippen LogP contribution in [0.2, 0.25) is 0 Å². The molecule has 1 aromatic carbocycles. The zero-order chi connectivity index (χ0) is 19.5. The highest BCUT2D eigenvalue weighted by molar-refractivity contribution is 7.13. The van der Waals surface area contributed by atoms with Crippen molar-refractivity contribution in [1.29, 1.82) is 0 Å². The van der Waals surface area contributed by atoms with Crippen LogP contribution >= 0.6 is 11.3 Å². The predicted molar refractivity (Wildman–Crippen MR) is 104 cm³/mol. The van der Waals surface area contributed by atoms with E-state index in [2.05, 4.69) is 15.0 Å². The van der Waals surface area contributed by atoms with Gasteiger partial charge in [0.2, 0.25) is 5.82 Å². The van der Waals surface area contributed by atoms with Crippen molar-refractivity contribution in [2.24, 2.45) is 0 Å². The lowest BCUT2D eigenvalue weighted by atomic mass is 10.2. The zero-order valence-corrected chi connectivity index (χ0v) is 16.2. The highest BCUT2D eigenvalue weighted by atomic mass is 32.1. The molecule has 0 N–H and O–H groups in total. The Bertz CT molecular complexity index is 979. The maximum Gasteiger partial charge on any atom is 0.273 e. The van der Waals surface area contributed by atoms with Gasteiger partial charge >= 0.3 is 0 Å². The molecule has 0 bridgehead atoms. The second kappa shape index (κ2) is 8.02. The lowest BCUT2D eigenvalue weighted by Gasteiger charge is -2.16. The molecule has 0 spiro atoms. The van der Waals surface area contributed by atoms with E-state index in [-0.39, 0.29) is 17.9 Å². The highest BCUT2D eigenvalue weighted by Crippen LogP contribution is 2.26.